The van der Waals surface area contributed by atoms with Gasteiger partial charge in [0.15, 0.2) is 0 Å². The summed E-state index contributed by atoms with van der Waals surface area (Å²) in [7, 11) is 0. The Morgan fingerprint density at radius 1 is 0.479 bits per heavy atom. The van der Waals surface area contributed by atoms with Gasteiger partial charge in [-0.25, -0.2) is 0 Å². The van der Waals surface area contributed by atoms with E-state index in [-0.39, 0.29) is 30.8 Å². The molecule has 5 heteroatoms. The van der Waals surface area contributed by atoms with Gasteiger partial charge < -0.3 is 15.4 Å². The highest BCUT2D eigenvalue weighted by atomic mass is 16.5. The summed E-state index contributed by atoms with van der Waals surface area (Å²) in [4.78, 5) is 25.0. The number of carbonyl (C=O) groups excluding carboxylic acids is 2. The van der Waals surface area contributed by atoms with Gasteiger partial charge in [-0.2, -0.15) is 0 Å². The van der Waals surface area contributed by atoms with Crippen LogP contribution in [0.3, 0.4) is 0 Å². The molecule has 0 aliphatic heterocycles. The first-order valence-electron chi connectivity index (χ1n) is 21.5. The lowest BCUT2D eigenvalue weighted by Gasteiger charge is -2.18. The van der Waals surface area contributed by atoms with Crippen LogP contribution in [0, 0.1) is 11.8 Å². The molecule has 0 heterocycles. The summed E-state index contributed by atoms with van der Waals surface area (Å²) in [6, 6.07) is 0. The summed E-state index contributed by atoms with van der Waals surface area (Å²) in [6.07, 6.45) is 38.0. The molecule has 0 aromatic rings. The Balaban J connectivity index is 4.23. The normalized spacial score (nSPS) is 12.2. The molecule has 0 rings (SSSR count). The maximum atomic E-state index is 12.6. The van der Waals surface area contributed by atoms with Gasteiger partial charge in [-0.1, -0.05) is 182 Å². The molecule has 0 fully saturated rings. The molecule has 1 unspecified atom stereocenters. The minimum absolute atomic E-state index is 0.0184. The number of nitrogens with one attached hydrogen (secondary N) is 2. The van der Waals surface area contributed by atoms with E-state index in [1.165, 1.54) is 167 Å². The largest absolute Gasteiger partial charge is 0.378 e. The second kappa shape index (κ2) is 37.2. The molecule has 0 saturated heterocycles. The molecule has 2 N–H and O–H groups in total. The van der Waals surface area contributed by atoms with Crippen molar-refractivity contribution in [2.75, 3.05) is 19.7 Å². The van der Waals surface area contributed by atoms with Crippen LogP contribution in [0.5, 0.6) is 0 Å². The van der Waals surface area contributed by atoms with Crippen LogP contribution in [0.4, 0.5) is 0 Å². The summed E-state index contributed by atoms with van der Waals surface area (Å²) in [5.74, 6) is 1.18. The smallest absolute Gasteiger partial charge is 0.220 e. The molecule has 0 spiro atoms. The fraction of sp³-hybridized carbons (Fsp3) is 0.953. The fourth-order valence-corrected chi connectivity index (χ4v) is 6.56. The molecule has 2 amide bonds. The number of carbonyl (C=O) groups is 2. The van der Waals surface area contributed by atoms with Crippen LogP contribution in [0.25, 0.3) is 0 Å². The molecule has 0 saturated carbocycles. The minimum atomic E-state index is -0.0379. The van der Waals surface area contributed by atoms with Crippen molar-refractivity contribution < 1.29 is 14.3 Å². The van der Waals surface area contributed by atoms with Gasteiger partial charge in [0.2, 0.25) is 11.8 Å². The molecule has 0 bridgehead atoms. The quantitative estimate of drug-likeness (QED) is 0.0639. The minimum Gasteiger partial charge on any atom is -0.378 e. The van der Waals surface area contributed by atoms with Gasteiger partial charge in [0.05, 0.1) is 6.10 Å². The predicted octanol–water partition coefficient (Wildman–Crippen LogP) is 12.6. The average Bonchev–Trinajstić information content (AvgIpc) is 3.06. The Hall–Kier alpha value is -1.10. The van der Waals surface area contributed by atoms with Crippen LogP contribution in [-0.4, -0.2) is 37.6 Å². The third kappa shape index (κ3) is 36.2. The van der Waals surface area contributed by atoms with Gasteiger partial charge in [-0.3, -0.25) is 9.59 Å². The van der Waals surface area contributed by atoms with E-state index in [0.29, 0.717) is 18.4 Å². The molecule has 5 nitrogen and oxygen atoms in total. The van der Waals surface area contributed by atoms with Crippen molar-refractivity contribution in [1.29, 1.82) is 0 Å². The zero-order chi connectivity index (χ0) is 35.3. The van der Waals surface area contributed by atoms with Gasteiger partial charge in [0.1, 0.15) is 0 Å². The summed E-state index contributed by atoms with van der Waals surface area (Å²) >= 11 is 0. The van der Waals surface area contributed by atoms with Crippen LogP contribution < -0.4 is 10.6 Å². The van der Waals surface area contributed by atoms with Crippen molar-refractivity contribution in [1.82, 2.24) is 10.6 Å². The highest BCUT2D eigenvalue weighted by Crippen LogP contribution is 2.20. The summed E-state index contributed by atoms with van der Waals surface area (Å²) in [6.45, 7) is 13.2. The van der Waals surface area contributed by atoms with Crippen LogP contribution in [0.1, 0.15) is 227 Å². The lowest BCUT2D eigenvalue weighted by Crippen LogP contribution is -2.32. The van der Waals surface area contributed by atoms with E-state index in [1.807, 2.05) is 0 Å². The highest BCUT2D eigenvalue weighted by molar-refractivity contribution is 5.83. The Kier molecular flexibility index (Phi) is 36.3. The number of rotatable bonds is 38. The zero-order valence-electron chi connectivity index (χ0n) is 33.3. The van der Waals surface area contributed by atoms with Gasteiger partial charge in [-0.15, -0.1) is 0 Å². The van der Waals surface area contributed by atoms with Crippen molar-refractivity contribution in [2.45, 2.75) is 233 Å². The third-order valence-electron chi connectivity index (χ3n) is 10.1. The lowest BCUT2D eigenvalue weighted by molar-refractivity contribution is -0.126. The van der Waals surface area contributed by atoms with E-state index in [2.05, 4.69) is 45.3 Å². The van der Waals surface area contributed by atoms with E-state index in [1.54, 1.807) is 0 Å². The maximum absolute atomic E-state index is 12.6. The van der Waals surface area contributed by atoms with E-state index < -0.39 is 0 Å². The standard InChI is InChI=1S/C43H86N2O3/c1-6-8-10-12-14-16-18-20-22-24-26-28-30-41(31-29-27-25-23-21-19-17-15-13-11-9-7-2)38-45-43(47)33-32-42(46)44-36-34-40(5)48-37-35-39(3)4/h39-41H,6-38H2,1-5H3,(H,44,46)(H,45,47). The van der Waals surface area contributed by atoms with Crippen LogP contribution in [0.2, 0.25) is 0 Å². The molecular weight excluding hydrogens is 592 g/mol. The molecule has 1 atom stereocenters. The van der Waals surface area contributed by atoms with Gasteiger partial charge in [-0.05, 0) is 44.4 Å². The molecule has 0 aromatic heterocycles. The first-order chi connectivity index (χ1) is 23.4. The van der Waals surface area contributed by atoms with Gasteiger partial charge in [0.25, 0.3) is 0 Å². The Labute approximate surface area is 301 Å². The second-order valence-corrected chi connectivity index (χ2v) is 15.5. The Bertz CT molecular complexity index is 655. The third-order valence-corrected chi connectivity index (χ3v) is 10.1. The number of hydrogen-bond donors (Lipinski definition) is 2. The number of hydrogen-bond acceptors (Lipinski definition) is 3. The molecule has 0 aromatic carbocycles. The van der Waals surface area contributed by atoms with E-state index in [4.69, 9.17) is 4.74 Å². The molecular formula is C43H86N2O3. The summed E-state index contributed by atoms with van der Waals surface area (Å²) < 4.78 is 5.82. The van der Waals surface area contributed by atoms with Crippen molar-refractivity contribution in [3.8, 4) is 0 Å². The SMILES string of the molecule is CCCCCCCCCCCCCCC(CCCCCCCCCCCCCC)CNC(=O)CCC(=O)NCCC(C)OCCC(C)C. The maximum Gasteiger partial charge on any atom is 0.220 e. The predicted molar refractivity (Wildman–Crippen MR) is 210 cm³/mol. The van der Waals surface area contributed by atoms with Crippen molar-refractivity contribution in [3.05, 3.63) is 0 Å². The lowest BCUT2D eigenvalue weighted by atomic mass is 9.93. The molecule has 0 aliphatic carbocycles. The topological polar surface area (TPSA) is 67.4 Å². The molecule has 0 radical (unpaired) electrons. The van der Waals surface area contributed by atoms with Crippen LogP contribution in [-0.2, 0) is 14.3 Å². The van der Waals surface area contributed by atoms with Crippen molar-refractivity contribution in [3.63, 3.8) is 0 Å². The van der Waals surface area contributed by atoms with Crippen molar-refractivity contribution >= 4 is 11.8 Å². The van der Waals surface area contributed by atoms with Gasteiger partial charge in [0, 0.05) is 32.5 Å². The fourth-order valence-electron chi connectivity index (χ4n) is 6.56. The van der Waals surface area contributed by atoms with E-state index in [0.717, 1.165) is 26.0 Å². The summed E-state index contributed by atoms with van der Waals surface area (Å²) in [5.41, 5.74) is 0. The average molecular weight is 679 g/mol. The Morgan fingerprint density at radius 2 is 0.854 bits per heavy atom. The zero-order valence-corrected chi connectivity index (χ0v) is 33.3. The van der Waals surface area contributed by atoms with Crippen LogP contribution in [0.15, 0.2) is 0 Å². The second-order valence-electron chi connectivity index (χ2n) is 15.5. The van der Waals surface area contributed by atoms with Crippen LogP contribution >= 0.6 is 0 Å². The Morgan fingerprint density at radius 3 is 1.25 bits per heavy atom. The summed E-state index contributed by atoms with van der Waals surface area (Å²) in [5, 5.41) is 6.16. The monoisotopic (exact) mass is 679 g/mol. The molecule has 286 valence electrons. The van der Waals surface area contributed by atoms with Crippen molar-refractivity contribution in [2.24, 2.45) is 11.8 Å². The van der Waals surface area contributed by atoms with E-state index >= 15 is 0 Å². The molecule has 0 aliphatic rings. The number of unbranched alkanes of at least 4 members (excludes halogenated alkanes) is 22. The molecule has 48 heavy (non-hydrogen) atoms. The number of ether oxygens (including phenoxy) is 1. The highest BCUT2D eigenvalue weighted by Gasteiger charge is 2.13. The first kappa shape index (κ1) is 46.9. The number of amides is 2. The van der Waals surface area contributed by atoms with E-state index in [9.17, 15) is 9.59 Å². The van der Waals surface area contributed by atoms with Gasteiger partial charge >= 0.3 is 0 Å². The first-order valence-corrected chi connectivity index (χ1v) is 21.5.